The van der Waals surface area contributed by atoms with Crippen molar-refractivity contribution in [3.63, 3.8) is 0 Å². The number of rotatable bonds is 3. The van der Waals surface area contributed by atoms with Gasteiger partial charge in [0, 0.05) is 52.8 Å². The van der Waals surface area contributed by atoms with Crippen LogP contribution in [0.2, 0.25) is 0 Å². The normalized spacial score (nSPS) is 11.5. The van der Waals surface area contributed by atoms with Gasteiger partial charge in [0.15, 0.2) is 0 Å². The summed E-state index contributed by atoms with van der Waals surface area (Å²) in [4.78, 5) is 10.7. The smallest absolute Gasteiger partial charge is 0.129 e. The molecule has 0 saturated heterocycles. The van der Waals surface area contributed by atoms with Crippen molar-refractivity contribution in [1.29, 1.82) is 0 Å². The van der Waals surface area contributed by atoms with Crippen LogP contribution in [0.3, 0.4) is 0 Å². The van der Waals surface area contributed by atoms with E-state index in [1.54, 1.807) is 11.3 Å². The number of hydrogen-bond donors (Lipinski definition) is 0. The number of nitrogens with zero attached hydrogens (tertiary/aromatic N) is 2. The Balaban J connectivity index is 0.000000236. The first-order chi connectivity index (χ1) is 23.9. The molecule has 0 bridgehead atoms. The fourth-order valence-electron chi connectivity index (χ4n) is 6.70. The Morgan fingerprint density at radius 1 is 0.667 bits per heavy atom. The number of furan rings is 1. The Bertz CT molecular complexity index is 2510. The summed E-state index contributed by atoms with van der Waals surface area (Å²) in [6.07, 6.45) is 3.96. The summed E-state index contributed by atoms with van der Waals surface area (Å²) in [7, 11) is 0. The van der Waals surface area contributed by atoms with Crippen molar-refractivity contribution >= 4 is 43.4 Å². The molecule has 0 unspecified atom stereocenters. The van der Waals surface area contributed by atoms with Gasteiger partial charge in [-0.25, -0.2) is 0 Å². The zero-order valence-electron chi connectivity index (χ0n) is 30.7. The summed E-state index contributed by atoms with van der Waals surface area (Å²) in [5.41, 5.74) is 15.6. The van der Waals surface area contributed by atoms with Gasteiger partial charge in [-0.05, 0) is 96.9 Å². The van der Waals surface area contributed by atoms with Crippen molar-refractivity contribution in [3.05, 3.63) is 142 Å². The second kappa shape index (κ2) is 14.3. The number of benzene rings is 4. The van der Waals surface area contributed by atoms with Crippen LogP contribution in [0.1, 0.15) is 59.0 Å². The van der Waals surface area contributed by atoms with Gasteiger partial charge in [-0.3, -0.25) is 0 Å². The molecule has 8 rings (SSSR count). The molecular formula is C46H42IrN2OS-2. The number of pyridine rings is 2. The van der Waals surface area contributed by atoms with E-state index in [1.165, 1.54) is 59.5 Å². The number of thiophene rings is 1. The van der Waals surface area contributed by atoms with Crippen LogP contribution in [0.15, 0.2) is 95.7 Å². The minimum absolute atomic E-state index is 0. The number of aromatic nitrogens is 2. The third-order valence-corrected chi connectivity index (χ3v) is 10.6. The second-order valence-electron chi connectivity index (χ2n) is 14.5. The molecule has 0 atom stereocenters. The van der Waals surface area contributed by atoms with E-state index in [1.807, 2.05) is 24.5 Å². The molecule has 5 heteroatoms. The molecule has 51 heavy (non-hydrogen) atoms. The van der Waals surface area contributed by atoms with Crippen LogP contribution >= 0.6 is 11.3 Å². The van der Waals surface area contributed by atoms with Crippen LogP contribution < -0.4 is 0 Å². The summed E-state index contributed by atoms with van der Waals surface area (Å²) in [5.74, 6) is 0. The topological polar surface area (TPSA) is 38.9 Å². The third kappa shape index (κ3) is 7.08. The predicted octanol–water partition coefficient (Wildman–Crippen LogP) is 13.0. The molecule has 0 amide bonds. The Hall–Kier alpha value is -4.41. The predicted molar refractivity (Wildman–Crippen MR) is 212 cm³/mol. The van der Waals surface area contributed by atoms with E-state index in [-0.39, 0.29) is 25.5 Å². The first-order valence-electron chi connectivity index (χ1n) is 17.1. The minimum Gasteiger partial charge on any atom is -0.500 e. The van der Waals surface area contributed by atoms with E-state index < -0.39 is 0 Å². The molecule has 3 nitrogen and oxygen atoms in total. The zero-order valence-corrected chi connectivity index (χ0v) is 33.9. The van der Waals surface area contributed by atoms with Gasteiger partial charge in [0.25, 0.3) is 0 Å². The van der Waals surface area contributed by atoms with Gasteiger partial charge in [-0.1, -0.05) is 80.6 Å². The van der Waals surface area contributed by atoms with Crippen LogP contribution in [-0.2, 0) is 25.5 Å². The fourth-order valence-corrected chi connectivity index (χ4v) is 7.62. The summed E-state index contributed by atoms with van der Waals surface area (Å²) in [6.45, 7) is 19.5. The van der Waals surface area contributed by atoms with E-state index in [9.17, 15) is 0 Å². The first kappa shape index (κ1) is 36.4. The van der Waals surface area contributed by atoms with Gasteiger partial charge in [0.2, 0.25) is 0 Å². The maximum atomic E-state index is 6.59. The van der Waals surface area contributed by atoms with Gasteiger partial charge in [0.05, 0.1) is 5.58 Å². The average Bonchev–Trinajstić information content (AvgIpc) is 3.66. The maximum Gasteiger partial charge on any atom is 0.129 e. The van der Waals surface area contributed by atoms with Crippen LogP contribution in [0.4, 0.5) is 0 Å². The molecule has 0 spiro atoms. The third-order valence-electron chi connectivity index (χ3n) is 9.55. The van der Waals surface area contributed by atoms with Crippen molar-refractivity contribution < 1.29 is 24.5 Å². The molecule has 0 aliphatic heterocycles. The monoisotopic (exact) mass is 863 g/mol. The quantitative estimate of drug-likeness (QED) is 0.166. The van der Waals surface area contributed by atoms with Crippen molar-refractivity contribution in [2.24, 2.45) is 0 Å². The van der Waals surface area contributed by atoms with Crippen LogP contribution in [0.5, 0.6) is 0 Å². The minimum atomic E-state index is -0.0346. The average molecular weight is 863 g/mol. The Morgan fingerprint density at radius 3 is 2.08 bits per heavy atom. The molecule has 4 aromatic heterocycles. The van der Waals surface area contributed by atoms with Gasteiger partial charge in [0.1, 0.15) is 5.58 Å². The second-order valence-corrected chi connectivity index (χ2v) is 15.8. The van der Waals surface area contributed by atoms with Gasteiger partial charge in [-0.15, -0.1) is 64.9 Å². The molecule has 0 aliphatic carbocycles. The SMILES string of the molecule is Cc1c[c-]c(-c2cc(C)c(C)cn2)cc1.Cc1cc2c(ccc3c4cc[c-]c(-c5cc(-c6c(C)cccc6C)c(C(C)(C)C)cn5)c4oc23)s1.[Ir]. The molecule has 1 radical (unpaired) electrons. The van der Waals surface area contributed by atoms with E-state index >= 15 is 0 Å². The molecule has 0 fully saturated rings. The number of aryl methyl sites for hydroxylation is 6. The van der Waals surface area contributed by atoms with E-state index in [0.29, 0.717) is 0 Å². The van der Waals surface area contributed by atoms with Crippen molar-refractivity contribution in [2.45, 2.75) is 67.7 Å². The fraction of sp³-hybridized carbons (Fsp3) is 0.217. The molecule has 0 saturated carbocycles. The van der Waals surface area contributed by atoms with Gasteiger partial charge in [-0.2, -0.15) is 0 Å². The van der Waals surface area contributed by atoms with Crippen LogP contribution in [0, 0.1) is 53.7 Å². The van der Waals surface area contributed by atoms with Gasteiger partial charge >= 0.3 is 0 Å². The summed E-state index contributed by atoms with van der Waals surface area (Å²) in [5, 5.41) is 3.43. The molecule has 4 heterocycles. The summed E-state index contributed by atoms with van der Waals surface area (Å²) < 4.78 is 7.84. The van der Waals surface area contributed by atoms with Crippen LogP contribution in [-0.4, -0.2) is 9.97 Å². The van der Waals surface area contributed by atoms with Gasteiger partial charge < -0.3 is 14.4 Å². The Labute approximate surface area is 319 Å². The molecule has 4 aromatic carbocycles. The van der Waals surface area contributed by atoms with E-state index in [2.05, 4.69) is 146 Å². The molecular weight excluding hydrogens is 821 g/mol. The Morgan fingerprint density at radius 2 is 1.39 bits per heavy atom. The molecule has 259 valence electrons. The van der Waals surface area contributed by atoms with Crippen molar-refractivity contribution in [1.82, 2.24) is 9.97 Å². The number of hydrogen-bond acceptors (Lipinski definition) is 4. The Kier molecular flexibility index (Phi) is 10.2. The largest absolute Gasteiger partial charge is 0.500 e. The van der Waals surface area contributed by atoms with Crippen LogP contribution in [0.25, 0.3) is 65.7 Å². The maximum absolute atomic E-state index is 6.59. The standard InChI is InChI=1S/C32H28NOS.C14H14N.Ir/c1-18-9-7-10-19(2)29(18)24-16-27(33-17-26(24)32(4,5)6)23-12-8-11-21-22-13-14-28-25(15-20(3)35-28)31(22)34-30(21)23;1-10-4-6-13(7-5-10)14-8-11(2)12(3)9-15-14;/h7-11,13-17H,1-6H3;4-6,8-9H,1-3H3;/q2*-1;. The number of fused-ring (bicyclic) bond motifs is 5. The molecule has 8 aromatic rings. The zero-order chi connectivity index (χ0) is 35.3. The van der Waals surface area contributed by atoms with Crippen molar-refractivity contribution in [2.75, 3.05) is 0 Å². The van der Waals surface area contributed by atoms with Crippen molar-refractivity contribution in [3.8, 4) is 33.6 Å². The summed E-state index contributed by atoms with van der Waals surface area (Å²) >= 11 is 1.80. The van der Waals surface area contributed by atoms with E-state index in [4.69, 9.17) is 9.40 Å². The molecule has 0 N–H and O–H groups in total. The molecule has 0 aliphatic rings. The first-order valence-corrected chi connectivity index (χ1v) is 18.0. The van der Waals surface area contributed by atoms with E-state index in [0.717, 1.165) is 44.5 Å². The summed E-state index contributed by atoms with van der Waals surface area (Å²) in [6, 6.07) is 34.4.